The zero-order chi connectivity index (χ0) is 16.8. The molecule has 118 valence electrons. The normalized spacial score (nSPS) is 10.0. The van der Waals surface area contributed by atoms with Crippen LogP contribution in [-0.2, 0) is 16.0 Å². The molecule has 2 aromatic carbocycles. The maximum absolute atomic E-state index is 11.9. The summed E-state index contributed by atoms with van der Waals surface area (Å²) in [6.07, 6.45) is 0.102. The number of carbonyl (C=O) groups excluding carboxylic acids is 3. The van der Waals surface area contributed by atoms with Crippen LogP contribution in [0.5, 0.6) is 5.75 Å². The molecular weight excluding hydrogens is 294 g/mol. The maximum atomic E-state index is 11.9. The van der Waals surface area contributed by atoms with Crippen LogP contribution in [0.4, 0.5) is 5.69 Å². The lowest BCUT2D eigenvalue weighted by Gasteiger charge is -2.07. The van der Waals surface area contributed by atoms with Crippen LogP contribution in [0.25, 0.3) is 0 Å². The third kappa shape index (κ3) is 5.07. The smallest absolute Gasteiger partial charge is 0.315 e. The number of amides is 1. The molecule has 0 aliphatic carbocycles. The number of ether oxygens (including phenoxy) is 1. The first-order valence-electron chi connectivity index (χ1n) is 7.12. The van der Waals surface area contributed by atoms with E-state index in [2.05, 4.69) is 5.32 Å². The molecule has 23 heavy (non-hydrogen) atoms. The number of ketones is 1. The van der Waals surface area contributed by atoms with Gasteiger partial charge in [-0.2, -0.15) is 0 Å². The number of nitrogens with one attached hydrogen (secondary N) is 1. The molecule has 0 heterocycles. The van der Waals surface area contributed by atoms with Crippen LogP contribution in [0.1, 0.15) is 29.8 Å². The molecule has 5 heteroatoms. The van der Waals surface area contributed by atoms with Crippen LogP contribution >= 0.6 is 0 Å². The van der Waals surface area contributed by atoms with E-state index in [1.54, 1.807) is 48.5 Å². The van der Waals surface area contributed by atoms with E-state index in [1.807, 2.05) is 0 Å². The predicted molar refractivity (Wildman–Crippen MR) is 86.5 cm³/mol. The van der Waals surface area contributed by atoms with E-state index < -0.39 is 5.97 Å². The molecule has 1 amide bonds. The molecule has 5 nitrogen and oxygen atoms in total. The Morgan fingerprint density at radius 3 is 2.30 bits per heavy atom. The fourth-order valence-electron chi connectivity index (χ4n) is 2.02. The summed E-state index contributed by atoms with van der Waals surface area (Å²) < 4.78 is 5.24. The Morgan fingerprint density at radius 1 is 1.00 bits per heavy atom. The van der Waals surface area contributed by atoms with E-state index in [0.717, 1.165) is 5.56 Å². The topological polar surface area (TPSA) is 72.5 Å². The van der Waals surface area contributed by atoms with E-state index in [4.69, 9.17) is 4.74 Å². The fourth-order valence-corrected chi connectivity index (χ4v) is 2.02. The number of benzene rings is 2. The van der Waals surface area contributed by atoms with E-state index >= 15 is 0 Å². The number of anilines is 1. The van der Waals surface area contributed by atoms with Crippen LogP contribution in [0.2, 0.25) is 0 Å². The zero-order valence-electron chi connectivity index (χ0n) is 13.0. The molecule has 1 N–H and O–H groups in total. The molecule has 0 aliphatic heterocycles. The summed E-state index contributed by atoms with van der Waals surface area (Å²) in [4.78, 5) is 34.2. The van der Waals surface area contributed by atoms with Crippen molar-refractivity contribution in [1.82, 2.24) is 0 Å². The van der Waals surface area contributed by atoms with E-state index in [1.165, 1.54) is 13.8 Å². The highest BCUT2D eigenvalue weighted by molar-refractivity contribution is 5.94. The number of rotatable bonds is 5. The van der Waals surface area contributed by atoms with Gasteiger partial charge in [0.25, 0.3) is 0 Å². The van der Waals surface area contributed by atoms with Gasteiger partial charge in [0.2, 0.25) is 5.91 Å². The third-order valence-electron chi connectivity index (χ3n) is 3.10. The summed E-state index contributed by atoms with van der Waals surface area (Å²) in [5, 5.41) is 2.65. The Kier molecular flexibility index (Phi) is 5.25. The third-order valence-corrected chi connectivity index (χ3v) is 3.10. The standard InChI is InChI=1S/C18H17NO4/c1-12(20)15-4-3-5-17(11-15)23-18(22)10-14-6-8-16(9-7-14)19-13(2)21/h3-9,11H,10H2,1-2H3,(H,19,21). The van der Waals surface area contributed by atoms with Crippen molar-refractivity contribution in [2.45, 2.75) is 20.3 Å². The van der Waals surface area contributed by atoms with Crippen LogP contribution < -0.4 is 10.1 Å². The molecule has 0 aromatic heterocycles. The molecule has 2 aromatic rings. The van der Waals surface area contributed by atoms with Gasteiger partial charge in [-0.15, -0.1) is 0 Å². The van der Waals surface area contributed by atoms with Crippen molar-refractivity contribution in [1.29, 1.82) is 0 Å². The molecule has 2 rings (SSSR count). The first-order valence-corrected chi connectivity index (χ1v) is 7.12. The second kappa shape index (κ2) is 7.35. The van der Waals surface area contributed by atoms with Gasteiger partial charge in [-0.25, -0.2) is 0 Å². The molecule has 0 saturated carbocycles. The minimum absolute atomic E-state index is 0.0866. The van der Waals surface area contributed by atoms with Gasteiger partial charge >= 0.3 is 5.97 Å². The van der Waals surface area contributed by atoms with E-state index in [9.17, 15) is 14.4 Å². The number of carbonyl (C=O) groups is 3. The number of Topliss-reactive ketones (excluding diaryl/α,β-unsaturated/α-hetero) is 1. The number of hydrogen-bond donors (Lipinski definition) is 1. The Balaban J connectivity index is 1.98. The van der Waals surface area contributed by atoms with Crippen LogP contribution in [-0.4, -0.2) is 17.7 Å². The molecular formula is C18H17NO4. The van der Waals surface area contributed by atoms with Gasteiger partial charge in [0.1, 0.15) is 5.75 Å². The molecule has 0 spiro atoms. The van der Waals surface area contributed by atoms with Gasteiger partial charge in [-0.05, 0) is 36.8 Å². The Labute approximate surface area is 134 Å². The molecule has 0 atom stereocenters. The van der Waals surface area contributed by atoms with Crippen molar-refractivity contribution in [2.24, 2.45) is 0 Å². The van der Waals surface area contributed by atoms with Crippen molar-refractivity contribution in [3.05, 3.63) is 59.7 Å². The molecule has 0 fully saturated rings. The summed E-state index contributed by atoms with van der Waals surface area (Å²) in [5.74, 6) is -0.311. The highest BCUT2D eigenvalue weighted by Crippen LogP contribution is 2.15. The van der Waals surface area contributed by atoms with Gasteiger partial charge in [-0.1, -0.05) is 24.3 Å². The van der Waals surface area contributed by atoms with Gasteiger partial charge < -0.3 is 10.1 Å². The lowest BCUT2D eigenvalue weighted by Crippen LogP contribution is -2.12. The lowest BCUT2D eigenvalue weighted by molar-refractivity contribution is -0.133. The predicted octanol–water partition coefficient (Wildman–Crippen LogP) is 3.00. The quantitative estimate of drug-likeness (QED) is 0.523. The second-order valence-corrected chi connectivity index (χ2v) is 5.11. The number of esters is 1. The van der Waals surface area contributed by atoms with Gasteiger partial charge in [0.15, 0.2) is 5.78 Å². The Morgan fingerprint density at radius 2 is 1.70 bits per heavy atom. The highest BCUT2D eigenvalue weighted by atomic mass is 16.5. The first kappa shape index (κ1) is 16.4. The van der Waals surface area contributed by atoms with E-state index in [-0.39, 0.29) is 18.1 Å². The van der Waals surface area contributed by atoms with Crippen molar-refractivity contribution in [3.63, 3.8) is 0 Å². The fraction of sp³-hybridized carbons (Fsp3) is 0.167. The minimum Gasteiger partial charge on any atom is -0.426 e. The molecule has 0 bridgehead atoms. The average Bonchev–Trinajstić information content (AvgIpc) is 2.49. The van der Waals surface area contributed by atoms with E-state index in [0.29, 0.717) is 17.0 Å². The molecule has 0 aliphatic rings. The summed E-state index contributed by atoms with van der Waals surface area (Å²) in [6.45, 7) is 2.89. The van der Waals surface area contributed by atoms with Crippen LogP contribution in [0.3, 0.4) is 0 Å². The lowest BCUT2D eigenvalue weighted by atomic mass is 10.1. The van der Waals surface area contributed by atoms with Gasteiger partial charge in [-0.3, -0.25) is 14.4 Å². The second-order valence-electron chi connectivity index (χ2n) is 5.11. The van der Waals surface area contributed by atoms with Crippen LogP contribution in [0.15, 0.2) is 48.5 Å². The largest absolute Gasteiger partial charge is 0.426 e. The minimum atomic E-state index is -0.419. The zero-order valence-corrected chi connectivity index (χ0v) is 13.0. The van der Waals surface area contributed by atoms with Crippen molar-refractivity contribution in [3.8, 4) is 5.75 Å². The summed E-state index contributed by atoms with van der Waals surface area (Å²) in [6, 6.07) is 13.4. The number of hydrogen-bond acceptors (Lipinski definition) is 4. The van der Waals surface area contributed by atoms with Crippen molar-refractivity contribution >= 4 is 23.3 Å². The molecule has 0 radical (unpaired) electrons. The molecule has 0 saturated heterocycles. The highest BCUT2D eigenvalue weighted by Gasteiger charge is 2.08. The van der Waals surface area contributed by atoms with Gasteiger partial charge in [0, 0.05) is 18.2 Å². The monoisotopic (exact) mass is 311 g/mol. The molecule has 0 unspecified atom stereocenters. The average molecular weight is 311 g/mol. The first-order chi connectivity index (χ1) is 10.9. The van der Waals surface area contributed by atoms with Crippen LogP contribution in [0, 0.1) is 0 Å². The Hall–Kier alpha value is -2.95. The summed E-state index contributed by atoms with van der Waals surface area (Å²) >= 11 is 0. The summed E-state index contributed by atoms with van der Waals surface area (Å²) in [5.41, 5.74) is 1.94. The summed E-state index contributed by atoms with van der Waals surface area (Å²) in [7, 11) is 0. The van der Waals surface area contributed by atoms with Gasteiger partial charge in [0.05, 0.1) is 6.42 Å². The van der Waals surface area contributed by atoms with Crippen molar-refractivity contribution in [2.75, 3.05) is 5.32 Å². The maximum Gasteiger partial charge on any atom is 0.315 e. The van der Waals surface area contributed by atoms with Crippen molar-refractivity contribution < 1.29 is 19.1 Å². The SMILES string of the molecule is CC(=O)Nc1ccc(CC(=O)Oc2cccc(C(C)=O)c2)cc1. The Bertz CT molecular complexity index is 735.